The van der Waals surface area contributed by atoms with E-state index in [-0.39, 0.29) is 27.3 Å². The Bertz CT molecular complexity index is 2850. The number of benzene rings is 3. The summed E-state index contributed by atoms with van der Waals surface area (Å²) >= 11 is 6.25. The number of fused-ring (bicyclic) bond motifs is 1. The summed E-state index contributed by atoms with van der Waals surface area (Å²) in [5.41, 5.74) is 5.91. The lowest BCUT2D eigenvalue weighted by molar-refractivity contribution is -0.385. The molecule has 2 N–H and O–H groups in total. The van der Waals surface area contributed by atoms with Crippen LogP contribution in [0.5, 0.6) is 11.5 Å². The van der Waals surface area contributed by atoms with Crippen LogP contribution in [0.3, 0.4) is 0 Å². The SMILES string of the molecule is C=S1(=NC)CCN(CCCc2ccc(S(=O)(=O)NC(=O)c3ccc(N4CCN(CC5=C(c6ccc(Cl)cc6)CC(C)(C)CC5)CC4)cc3Oc3cnc4[nH]ccc4c3)cc2[N+](=O)[O-])CC1. The summed E-state index contributed by atoms with van der Waals surface area (Å²) in [5, 5.41) is 13.8. The monoisotopic (exact) mass is 940 g/mol. The van der Waals surface area contributed by atoms with Crippen LogP contribution >= 0.6 is 11.6 Å². The minimum Gasteiger partial charge on any atom is -0.455 e. The molecule has 4 heterocycles. The topological polar surface area (TPSA) is 166 Å². The highest BCUT2D eigenvalue weighted by Gasteiger charge is 2.31. The quantitative estimate of drug-likeness (QED) is 0.0627. The number of aromatic amines is 1. The van der Waals surface area contributed by atoms with Gasteiger partial charge in [0, 0.05) is 104 Å². The van der Waals surface area contributed by atoms with Crippen molar-refractivity contribution in [2.24, 2.45) is 9.78 Å². The number of ether oxygens (including phenoxy) is 1. The number of piperazine rings is 1. The number of hydrogen-bond acceptors (Lipinski definition) is 11. The second kappa shape index (κ2) is 19.3. The van der Waals surface area contributed by atoms with Gasteiger partial charge in [-0.05, 0) is 97.7 Å². The number of carbonyl (C=O) groups is 1. The number of halogens is 1. The number of anilines is 1. The Kier molecular flexibility index (Phi) is 13.7. The van der Waals surface area contributed by atoms with Crippen molar-refractivity contribution < 1.29 is 22.9 Å². The van der Waals surface area contributed by atoms with Gasteiger partial charge in [-0.25, -0.2) is 18.1 Å². The fourth-order valence-corrected chi connectivity index (χ4v) is 11.9. The molecule has 0 unspecified atom stereocenters. The normalized spacial score (nSPS) is 18.1. The zero-order chi connectivity index (χ0) is 45.9. The zero-order valence-electron chi connectivity index (χ0n) is 37.2. The molecule has 0 atom stereocenters. The van der Waals surface area contributed by atoms with Gasteiger partial charge >= 0.3 is 0 Å². The van der Waals surface area contributed by atoms with Crippen LogP contribution < -0.4 is 14.4 Å². The van der Waals surface area contributed by atoms with Crippen molar-refractivity contribution in [3.05, 3.63) is 123 Å². The van der Waals surface area contributed by atoms with E-state index in [4.69, 9.17) is 16.3 Å². The van der Waals surface area contributed by atoms with E-state index >= 15 is 0 Å². The molecule has 1 amide bonds. The summed E-state index contributed by atoms with van der Waals surface area (Å²) in [5.74, 6) is 5.73. The van der Waals surface area contributed by atoms with Crippen LogP contribution in [0.15, 0.2) is 100 Å². The molecule has 14 nitrogen and oxygen atoms in total. The van der Waals surface area contributed by atoms with Crippen molar-refractivity contribution >= 4 is 70.8 Å². The number of H-pyrrole nitrogens is 1. The first-order chi connectivity index (χ1) is 31.1. The molecule has 2 fully saturated rings. The van der Waals surface area contributed by atoms with Gasteiger partial charge in [-0.3, -0.25) is 24.2 Å². The average molecular weight is 942 g/mol. The summed E-state index contributed by atoms with van der Waals surface area (Å²) < 4.78 is 40.5. The van der Waals surface area contributed by atoms with E-state index in [1.54, 1.807) is 30.5 Å². The van der Waals surface area contributed by atoms with E-state index in [0.29, 0.717) is 29.8 Å². The first kappa shape index (κ1) is 46.3. The Morgan fingerprint density at radius 3 is 2.49 bits per heavy atom. The number of pyridine rings is 1. The van der Waals surface area contributed by atoms with E-state index in [1.165, 1.54) is 35.0 Å². The molecule has 3 aliphatic rings. The number of allylic oxidation sites excluding steroid dienone is 1. The molecule has 1 aliphatic carbocycles. The predicted molar refractivity (Wildman–Crippen MR) is 262 cm³/mol. The van der Waals surface area contributed by atoms with Crippen LogP contribution in [-0.4, -0.2) is 116 Å². The molecule has 344 valence electrons. The van der Waals surface area contributed by atoms with Gasteiger partial charge in [0.25, 0.3) is 21.6 Å². The first-order valence-electron chi connectivity index (χ1n) is 22.1. The lowest BCUT2D eigenvalue weighted by atomic mass is 9.72. The van der Waals surface area contributed by atoms with E-state index < -0.39 is 30.3 Å². The second-order valence-corrected chi connectivity index (χ2v) is 23.4. The number of aryl methyl sites for hydroxylation is 1. The summed E-state index contributed by atoms with van der Waals surface area (Å²) in [4.78, 5) is 39.8. The Balaban J connectivity index is 0.977. The molecular formula is C48H57ClN8O6S2. The van der Waals surface area contributed by atoms with Crippen LogP contribution in [-0.2, 0) is 25.9 Å². The number of aromatic nitrogens is 2. The molecule has 8 rings (SSSR count). The Labute approximate surface area is 386 Å². The van der Waals surface area contributed by atoms with Crippen LogP contribution in [0.4, 0.5) is 11.4 Å². The molecule has 0 radical (unpaired) electrons. The highest BCUT2D eigenvalue weighted by Crippen LogP contribution is 2.43. The number of sulfonamides is 1. The molecule has 0 bridgehead atoms. The number of nitro benzene ring substituents is 1. The van der Waals surface area contributed by atoms with Crippen LogP contribution in [0.1, 0.15) is 61.0 Å². The highest BCUT2D eigenvalue weighted by molar-refractivity contribution is 8.02. The maximum Gasteiger partial charge on any atom is 0.273 e. The number of hydrogen-bond donors (Lipinski definition) is 2. The van der Waals surface area contributed by atoms with E-state index in [2.05, 4.69) is 65.6 Å². The number of nitro groups is 1. The first-order valence-corrected chi connectivity index (χ1v) is 26.0. The molecule has 5 aromatic rings. The zero-order valence-corrected chi connectivity index (χ0v) is 39.6. The summed E-state index contributed by atoms with van der Waals surface area (Å²) in [6, 6.07) is 20.7. The minimum absolute atomic E-state index is 0.0267. The third kappa shape index (κ3) is 11.1. The van der Waals surface area contributed by atoms with Crippen molar-refractivity contribution in [1.82, 2.24) is 24.5 Å². The molecular weight excluding hydrogens is 884 g/mol. The smallest absolute Gasteiger partial charge is 0.273 e. The summed E-state index contributed by atoms with van der Waals surface area (Å²) in [6.07, 6.45) is 7.56. The van der Waals surface area contributed by atoms with Gasteiger partial charge in [0.05, 0.1) is 21.6 Å². The van der Waals surface area contributed by atoms with Gasteiger partial charge in [-0.15, -0.1) is 9.41 Å². The minimum atomic E-state index is -4.54. The third-order valence-electron chi connectivity index (χ3n) is 13.0. The van der Waals surface area contributed by atoms with Gasteiger partial charge in [0.15, 0.2) is 0 Å². The molecule has 2 aromatic heterocycles. The van der Waals surface area contributed by atoms with Crippen LogP contribution in [0.2, 0.25) is 5.02 Å². The van der Waals surface area contributed by atoms with Crippen molar-refractivity contribution in [3.63, 3.8) is 0 Å². The number of carbonyl (C=O) groups excluding carboxylic acids is 1. The van der Waals surface area contributed by atoms with Crippen molar-refractivity contribution in [2.45, 2.75) is 50.8 Å². The summed E-state index contributed by atoms with van der Waals surface area (Å²) in [7, 11) is -3.87. The van der Waals surface area contributed by atoms with Crippen LogP contribution in [0.25, 0.3) is 16.6 Å². The number of rotatable bonds is 14. The van der Waals surface area contributed by atoms with Gasteiger partial charge in [0.1, 0.15) is 17.1 Å². The molecule has 17 heteroatoms. The van der Waals surface area contributed by atoms with Crippen molar-refractivity contribution in [3.8, 4) is 11.5 Å². The maximum atomic E-state index is 14.0. The van der Waals surface area contributed by atoms with Crippen molar-refractivity contribution in [2.75, 3.05) is 75.8 Å². The van der Waals surface area contributed by atoms with Gasteiger partial charge < -0.3 is 19.5 Å². The molecule has 65 heavy (non-hydrogen) atoms. The average Bonchev–Trinajstić information content (AvgIpc) is 3.76. The Morgan fingerprint density at radius 1 is 1.02 bits per heavy atom. The number of nitrogens with one attached hydrogen (secondary N) is 2. The van der Waals surface area contributed by atoms with E-state index in [9.17, 15) is 23.3 Å². The molecule has 0 spiro atoms. The number of nitrogens with zero attached hydrogens (tertiary/aromatic N) is 6. The number of amides is 1. The fourth-order valence-electron chi connectivity index (χ4n) is 9.02. The lowest BCUT2D eigenvalue weighted by Gasteiger charge is -2.39. The van der Waals surface area contributed by atoms with E-state index in [0.717, 1.165) is 105 Å². The standard InChI is InChI=1S/C48H57ClN8O6S2/c1-48(2)17-15-37(43(31-48)34-7-10-38(49)11-8-34)33-55-20-22-56(23-21-55)39-12-14-42(45(29-39)63-40-28-36-16-18-51-46(36)52-32-40)47(58)53-65(61,62)41-13-9-35(44(30-41)57(59)60)6-5-19-54-24-26-64(4,50-3)27-25-54/h7-14,16,18,28-30,32H,4-6,15,17,19-27,31,33H2,1-3H3,(H,51,52)(H,53,58). The Hall–Kier alpha value is -5.26. The van der Waals surface area contributed by atoms with Gasteiger partial charge in [-0.2, -0.15) is 0 Å². The van der Waals surface area contributed by atoms with Crippen molar-refractivity contribution in [1.29, 1.82) is 0 Å². The molecule has 3 aromatic carbocycles. The largest absolute Gasteiger partial charge is 0.455 e. The van der Waals surface area contributed by atoms with Gasteiger partial charge in [-0.1, -0.05) is 55.1 Å². The lowest BCUT2D eigenvalue weighted by Crippen LogP contribution is -2.47. The summed E-state index contributed by atoms with van der Waals surface area (Å²) in [6.45, 7) is 11.2. The van der Waals surface area contributed by atoms with Crippen LogP contribution in [0, 0.1) is 15.5 Å². The molecule has 2 aliphatic heterocycles. The van der Waals surface area contributed by atoms with Gasteiger partial charge in [0.2, 0.25) is 0 Å². The fraction of sp³-hybridized carbons (Fsp3) is 0.396. The Morgan fingerprint density at radius 2 is 1.77 bits per heavy atom. The van der Waals surface area contributed by atoms with E-state index in [1.807, 2.05) is 25.2 Å². The molecule has 0 saturated carbocycles. The predicted octanol–water partition coefficient (Wildman–Crippen LogP) is 8.47. The molecule has 2 saturated heterocycles. The third-order valence-corrected chi connectivity index (χ3v) is 17.3. The maximum absolute atomic E-state index is 14.0. The second-order valence-electron chi connectivity index (χ2n) is 18.1. The highest BCUT2D eigenvalue weighted by atomic mass is 35.5.